The SMILES string of the molecule is O=C(Nc1cccc(C(=O)N=C2C=CC(S(=O)(=O)O)c3cccc(O)c32)c1)Nc1cccc(C(=O)N=C2C=CC(S(=O)(=O)O)c3cccc(O)c32)c1. The first kappa shape index (κ1) is 35.6. The molecule has 0 spiro atoms. The Bertz CT molecular complexity index is 2350. The molecule has 0 saturated carbocycles. The Balaban J connectivity index is 1.17. The summed E-state index contributed by atoms with van der Waals surface area (Å²) in [6.07, 6.45) is 4.68. The van der Waals surface area contributed by atoms with E-state index in [4.69, 9.17) is 0 Å². The van der Waals surface area contributed by atoms with E-state index >= 15 is 0 Å². The molecule has 17 heteroatoms. The lowest BCUT2D eigenvalue weighted by atomic mass is 9.94. The van der Waals surface area contributed by atoms with Gasteiger partial charge in [0.25, 0.3) is 32.1 Å². The van der Waals surface area contributed by atoms with Gasteiger partial charge in [-0.15, -0.1) is 0 Å². The van der Waals surface area contributed by atoms with Gasteiger partial charge < -0.3 is 20.8 Å². The average molecular weight is 743 g/mol. The zero-order valence-corrected chi connectivity index (χ0v) is 28.0. The third kappa shape index (κ3) is 7.42. The van der Waals surface area contributed by atoms with Gasteiger partial charge in [-0.05, 0) is 71.8 Å². The second-order valence-corrected chi connectivity index (χ2v) is 14.5. The molecule has 4 aromatic carbocycles. The fourth-order valence-corrected chi connectivity index (χ4v) is 7.27. The number of rotatable bonds is 6. The van der Waals surface area contributed by atoms with Crippen LogP contribution in [0, 0.1) is 0 Å². The Morgan fingerprint density at radius 1 is 0.577 bits per heavy atom. The van der Waals surface area contributed by atoms with Crippen LogP contribution in [0.5, 0.6) is 11.5 Å². The van der Waals surface area contributed by atoms with E-state index in [1.54, 1.807) is 0 Å². The summed E-state index contributed by atoms with van der Waals surface area (Å²) in [7, 11) is -9.14. The molecule has 2 unspecified atom stereocenters. The molecule has 4 amide bonds. The molecule has 4 aromatic rings. The van der Waals surface area contributed by atoms with E-state index in [-0.39, 0.29) is 67.7 Å². The molecule has 15 nitrogen and oxygen atoms in total. The summed E-state index contributed by atoms with van der Waals surface area (Å²) in [5, 5.41) is 23.1. The summed E-state index contributed by atoms with van der Waals surface area (Å²) in [6, 6.07) is 18.8. The molecule has 0 aliphatic heterocycles. The second-order valence-electron chi connectivity index (χ2n) is 11.4. The molecule has 0 fully saturated rings. The quantitative estimate of drug-likeness (QED) is 0.143. The Kier molecular flexibility index (Phi) is 9.44. The van der Waals surface area contributed by atoms with E-state index in [2.05, 4.69) is 20.6 Å². The van der Waals surface area contributed by atoms with Gasteiger partial charge in [0.1, 0.15) is 22.0 Å². The first-order chi connectivity index (χ1) is 24.6. The number of phenols is 2. The molecular weight excluding hydrogens is 717 g/mol. The number of urea groups is 1. The number of amides is 4. The zero-order chi connectivity index (χ0) is 37.4. The van der Waals surface area contributed by atoms with Crippen LogP contribution in [-0.2, 0) is 20.2 Å². The van der Waals surface area contributed by atoms with Gasteiger partial charge >= 0.3 is 6.03 Å². The fraction of sp³-hybridized carbons (Fsp3) is 0.0571. The van der Waals surface area contributed by atoms with Gasteiger partial charge in [0.05, 0.1) is 11.4 Å². The molecular formula is C35H26N4O11S2. The summed E-state index contributed by atoms with van der Waals surface area (Å²) < 4.78 is 66.8. The smallest absolute Gasteiger partial charge is 0.323 e. The van der Waals surface area contributed by atoms with Crippen LogP contribution in [0.25, 0.3) is 0 Å². The van der Waals surface area contributed by atoms with Gasteiger partial charge in [0.15, 0.2) is 0 Å². The zero-order valence-electron chi connectivity index (χ0n) is 26.4. The van der Waals surface area contributed by atoms with Crippen molar-refractivity contribution in [3.05, 3.63) is 143 Å². The van der Waals surface area contributed by atoms with E-state index in [9.17, 15) is 50.5 Å². The van der Waals surface area contributed by atoms with Gasteiger partial charge in [-0.3, -0.25) is 18.7 Å². The average Bonchev–Trinajstić information content (AvgIpc) is 3.07. The standard InChI is InChI=1S/C35H26N4O11S2/c40-27-11-3-9-23-29(51(45,46)47)15-13-25(31(23)27)38-33(42)19-5-1-7-21(17-19)36-35(44)37-22-8-2-6-20(18-22)34(43)39-26-14-16-30(52(48,49)50)24-10-4-12-28(41)32(24)26/h1-18,29-30,40-41H,(H2,36,37,44)(H,45,46,47)(H,48,49,50). The highest BCUT2D eigenvalue weighted by Crippen LogP contribution is 2.37. The molecule has 2 aliphatic carbocycles. The largest absolute Gasteiger partial charge is 0.507 e. The molecule has 2 aliphatic rings. The number of fused-ring (bicyclic) bond motifs is 2. The Morgan fingerprint density at radius 2 is 0.962 bits per heavy atom. The summed E-state index contributed by atoms with van der Waals surface area (Å²) >= 11 is 0. The number of hydrogen-bond acceptors (Lipinski definition) is 9. The number of aromatic hydroxyl groups is 2. The molecule has 0 saturated heterocycles. The van der Waals surface area contributed by atoms with Gasteiger partial charge in [-0.25, -0.2) is 14.8 Å². The molecule has 0 radical (unpaired) electrons. The minimum absolute atomic E-state index is 0.0334. The summed E-state index contributed by atoms with van der Waals surface area (Å²) in [5.41, 5.74) is 0.336. The van der Waals surface area contributed by atoms with Crippen LogP contribution in [0.3, 0.4) is 0 Å². The number of nitrogens with zero attached hydrogens (tertiary/aromatic N) is 2. The lowest BCUT2D eigenvalue weighted by molar-refractivity contribution is 0.0995. The molecule has 0 heterocycles. The van der Waals surface area contributed by atoms with Crippen LogP contribution in [0.2, 0.25) is 0 Å². The summed E-state index contributed by atoms with van der Waals surface area (Å²) in [5.74, 6) is -2.27. The molecule has 264 valence electrons. The van der Waals surface area contributed by atoms with Crippen molar-refractivity contribution in [1.29, 1.82) is 0 Å². The minimum Gasteiger partial charge on any atom is -0.507 e. The number of anilines is 2. The van der Waals surface area contributed by atoms with Crippen molar-refractivity contribution in [3.63, 3.8) is 0 Å². The van der Waals surface area contributed by atoms with Crippen LogP contribution in [0.15, 0.2) is 119 Å². The van der Waals surface area contributed by atoms with E-state index < -0.39 is 48.6 Å². The number of hydrogen-bond donors (Lipinski definition) is 6. The minimum atomic E-state index is -4.57. The highest BCUT2D eigenvalue weighted by molar-refractivity contribution is 7.86. The predicted octanol–water partition coefficient (Wildman–Crippen LogP) is 5.00. The first-order valence-electron chi connectivity index (χ1n) is 15.1. The maximum atomic E-state index is 13.1. The highest BCUT2D eigenvalue weighted by atomic mass is 32.2. The Morgan fingerprint density at radius 3 is 1.35 bits per heavy atom. The number of phenolic OH excluding ortho intramolecular Hbond substituents is 2. The second kappa shape index (κ2) is 13.8. The number of allylic oxidation sites excluding steroid dienone is 2. The molecule has 6 rings (SSSR count). The molecule has 52 heavy (non-hydrogen) atoms. The van der Waals surface area contributed by atoms with E-state index in [1.165, 1.54) is 97.1 Å². The number of benzene rings is 4. The maximum Gasteiger partial charge on any atom is 0.323 e. The normalized spacial score (nSPS) is 18.0. The molecule has 6 N–H and O–H groups in total. The van der Waals surface area contributed by atoms with Gasteiger partial charge in [0, 0.05) is 33.6 Å². The predicted molar refractivity (Wildman–Crippen MR) is 190 cm³/mol. The van der Waals surface area contributed by atoms with Crippen molar-refractivity contribution in [2.75, 3.05) is 10.6 Å². The van der Waals surface area contributed by atoms with Crippen molar-refractivity contribution >= 4 is 60.9 Å². The molecule has 0 aromatic heterocycles. The van der Waals surface area contributed by atoms with Crippen molar-refractivity contribution in [2.45, 2.75) is 10.5 Å². The van der Waals surface area contributed by atoms with Crippen LogP contribution in [0.1, 0.15) is 53.5 Å². The Hall–Kier alpha value is -6.27. The maximum absolute atomic E-state index is 13.1. The lowest BCUT2D eigenvalue weighted by Gasteiger charge is -2.20. The van der Waals surface area contributed by atoms with Crippen molar-refractivity contribution in [1.82, 2.24) is 0 Å². The van der Waals surface area contributed by atoms with Crippen molar-refractivity contribution < 1.29 is 50.5 Å². The Labute approximate surface area is 295 Å². The number of carbonyl (C=O) groups excluding carboxylic acids is 3. The lowest BCUT2D eigenvalue weighted by Crippen LogP contribution is -2.20. The number of nitrogens with one attached hydrogen (secondary N) is 2. The van der Waals surface area contributed by atoms with E-state index in [0.717, 1.165) is 12.2 Å². The molecule has 0 bridgehead atoms. The summed E-state index contributed by atoms with van der Waals surface area (Å²) in [4.78, 5) is 47.2. The summed E-state index contributed by atoms with van der Waals surface area (Å²) in [6.45, 7) is 0. The molecule has 2 atom stereocenters. The highest BCUT2D eigenvalue weighted by Gasteiger charge is 2.32. The van der Waals surface area contributed by atoms with Gasteiger partial charge in [-0.2, -0.15) is 16.8 Å². The third-order valence-corrected chi connectivity index (χ3v) is 10.1. The van der Waals surface area contributed by atoms with Crippen LogP contribution in [0.4, 0.5) is 16.2 Å². The van der Waals surface area contributed by atoms with Crippen LogP contribution < -0.4 is 10.6 Å². The van der Waals surface area contributed by atoms with Gasteiger partial charge in [0.2, 0.25) is 0 Å². The van der Waals surface area contributed by atoms with Crippen molar-refractivity contribution in [2.24, 2.45) is 9.98 Å². The topological polar surface area (TPSA) is 249 Å². The third-order valence-electron chi connectivity index (χ3n) is 7.95. The first-order valence-corrected chi connectivity index (χ1v) is 18.1. The van der Waals surface area contributed by atoms with Crippen LogP contribution >= 0.6 is 0 Å². The number of aliphatic imine (C=N–C) groups is 2. The van der Waals surface area contributed by atoms with Crippen LogP contribution in [-0.4, -0.2) is 65.4 Å². The van der Waals surface area contributed by atoms with E-state index in [0.29, 0.717) is 0 Å². The number of carbonyl (C=O) groups is 3. The fourth-order valence-electron chi connectivity index (χ4n) is 5.69. The monoisotopic (exact) mass is 742 g/mol. The van der Waals surface area contributed by atoms with E-state index in [1.807, 2.05) is 0 Å². The van der Waals surface area contributed by atoms with Crippen molar-refractivity contribution in [3.8, 4) is 11.5 Å². The van der Waals surface area contributed by atoms with Gasteiger partial charge in [-0.1, -0.05) is 48.6 Å².